The summed E-state index contributed by atoms with van der Waals surface area (Å²) in [5.41, 5.74) is 4.66. The number of nitrogens with one attached hydrogen (secondary N) is 2. The third-order valence-electron chi connectivity index (χ3n) is 5.26. The number of carbonyl (C=O) groups is 2. The van der Waals surface area contributed by atoms with E-state index in [1.807, 2.05) is 12.1 Å². The van der Waals surface area contributed by atoms with Gasteiger partial charge in [0, 0.05) is 19.2 Å². The molecule has 2 amide bonds. The van der Waals surface area contributed by atoms with E-state index in [9.17, 15) is 9.59 Å². The number of esters is 1. The summed E-state index contributed by atoms with van der Waals surface area (Å²) in [6.07, 6.45) is 2.28. The van der Waals surface area contributed by atoms with Crippen molar-refractivity contribution < 1.29 is 14.3 Å². The molecule has 0 saturated heterocycles. The molecule has 2 N–H and O–H groups in total. The number of anilines is 1. The monoisotopic (exact) mass is 443 g/mol. The number of urea groups is 1. The number of carbonyl (C=O) groups excluding carboxylic acids is 2. The third kappa shape index (κ3) is 5.17. The Morgan fingerprint density at radius 2 is 1.82 bits per heavy atom. The number of fused-ring (bicyclic) bond motifs is 1. The largest absolute Gasteiger partial charge is 0.465 e. The summed E-state index contributed by atoms with van der Waals surface area (Å²) in [7, 11) is 1.30. The number of methoxy groups -OCH3 is 1. The van der Waals surface area contributed by atoms with Crippen LogP contribution < -0.4 is 10.6 Å². The fraction of sp³-hybridized carbons (Fsp3) is 0.200. The molecule has 4 rings (SSSR count). The second-order valence-electron chi connectivity index (χ2n) is 7.61. The lowest BCUT2D eigenvalue weighted by Crippen LogP contribution is -2.31. The van der Waals surface area contributed by atoms with Gasteiger partial charge in [0.05, 0.1) is 24.9 Å². The molecule has 2 heterocycles. The zero-order chi connectivity index (χ0) is 23.2. The van der Waals surface area contributed by atoms with E-state index < -0.39 is 12.0 Å². The normalized spacial score (nSPS) is 10.7. The van der Waals surface area contributed by atoms with Crippen LogP contribution >= 0.6 is 0 Å². The van der Waals surface area contributed by atoms with Crippen LogP contribution in [0, 0.1) is 6.92 Å². The molecule has 0 bridgehead atoms. The Kier molecular flexibility index (Phi) is 6.64. The first-order valence-electron chi connectivity index (χ1n) is 10.6. The minimum atomic E-state index is -0.511. The topological polar surface area (TPSA) is 98.1 Å². The average molecular weight is 444 g/mol. The van der Waals surface area contributed by atoms with Crippen molar-refractivity contribution in [2.45, 2.75) is 19.9 Å². The SMILES string of the molecule is COC(=O)c1ccccc1NC(=O)NCCc1nc2cccnc2n1Cc1ccc(C)cc1. The van der Waals surface area contributed by atoms with Crippen molar-refractivity contribution in [1.82, 2.24) is 19.9 Å². The number of para-hydroxylation sites is 1. The van der Waals surface area contributed by atoms with E-state index in [1.165, 1.54) is 12.7 Å². The third-order valence-corrected chi connectivity index (χ3v) is 5.26. The Morgan fingerprint density at radius 1 is 1.03 bits per heavy atom. The second kappa shape index (κ2) is 9.95. The minimum absolute atomic E-state index is 0.293. The first-order valence-corrected chi connectivity index (χ1v) is 10.6. The van der Waals surface area contributed by atoms with Crippen LogP contribution in [0.5, 0.6) is 0 Å². The maximum Gasteiger partial charge on any atom is 0.339 e. The highest BCUT2D eigenvalue weighted by atomic mass is 16.5. The van der Waals surface area contributed by atoms with Crippen molar-refractivity contribution in [3.05, 3.63) is 89.4 Å². The van der Waals surface area contributed by atoms with Gasteiger partial charge in [-0.25, -0.2) is 19.6 Å². The summed E-state index contributed by atoms with van der Waals surface area (Å²) in [6.45, 7) is 3.06. The van der Waals surface area contributed by atoms with Crippen LogP contribution in [0.4, 0.5) is 10.5 Å². The number of pyridine rings is 1. The zero-order valence-electron chi connectivity index (χ0n) is 18.5. The summed E-state index contributed by atoms with van der Waals surface area (Å²) in [5, 5.41) is 5.54. The molecule has 2 aromatic carbocycles. The van der Waals surface area contributed by atoms with Crippen molar-refractivity contribution in [3.63, 3.8) is 0 Å². The predicted octanol–water partition coefficient (Wildman–Crippen LogP) is 3.94. The maximum absolute atomic E-state index is 12.4. The molecule has 0 fully saturated rings. The van der Waals surface area contributed by atoms with Gasteiger partial charge < -0.3 is 19.9 Å². The van der Waals surface area contributed by atoms with Gasteiger partial charge in [-0.05, 0) is 36.8 Å². The quantitative estimate of drug-likeness (QED) is 0.422. The molecule has 0 aliphatic carbocycles. The molecule has 2 aromatic heterocycles. The number of ether oxygens (including phenoxy) is 1. The van der Waals surface area contributed by atoms with Crippen molar-refractivity contribution in [2.75, 3.05) is 19.0 Å². The number of rotatable bonds is 7. The summed E-state index contributed by atoms with van der Waals surface area (Å²) in [5.74, 6) is 0.322. The van der Waals surface area contributed by atoms with E-state index >= 15 is 0 Å². The first kappa shape index (κ1) is 22.0. The fourth-order valence-electron chi connectivity index (χ4n) is 3.57. The maximum atomic E-state index is 12.4. The van der Waals surface area contributed by atoms with E-state index in [0.717, 1.165) is 22.6 Å². The van der Waals surface area contributed by atoms with Crippen molar-refractivity contribution in [1.29, 1.82) is 0 Å². The van der Waals surface area contributed by atoms with Crippen molar-refractivity contribution in [3.8, 4) is 0 Å². The number of benzene rings is 2. The van der Waals surface area contributed by atoms with Crippen molar-refractivity contribution in [2.24, 2.45) is 0 Å². The van der Waals surface area contributed by atoms with E-state index in [0.29, 0.717) is 30.8 Å². The summed E-state index contributed by atoms with van der Waals surface area (Å²) in [6, 6.07) is 18.4. The second-order valence-corrected chi connectivity index (χ2v) is 7.61. The van der Waals surface area contributed by atoms with Crippen LogP contribution in [0.3, 0.4) is 0 Å². The van der Waals surface area contributed by atoms with Gasteiger partial charge in [-0.15, -0.1) is 0 Å². The van der Waals surface area contributed by atoms with Gasteiger partial charge >= 0.3 is 12.0 Å². The molecule has 0 atom stereocenters. The Hall–Kier alpha value is -4.20. The number of aryl methyl sites for hydroxylation is 1. The van der Waals surface area contributed by atoms with Crippen molar-refractivity contribution >= 4 is 28.9 Å². The van der Waals surface area contributed by atoms with Gasteiger partial charge in [0.15, 0.2) is 5.65 Å². The summed E-state index contributed by atoms with van der Waals surface area (Å²) in [4.78, 5) is 33.6. The highest BCUT2D eigenvalue weighted by molar-refractivity contribution is 6.00. The highest BCUT2D eigenvalue weighted by Crippen LogP contribution is 2.18. The summed E-state index contributed by atoms with van der Waals surface area (Å²) >= 11 is 0. The van der Waals surface area contributed by atoms with Crippen LogP contribution in [0.15, 0.2) is 66.9 Å². The Labute approximate surface area is 191 Å². The van der Waals surface area contributed by atoms with E-state index in [4.69, 9.17) is 9.72 Å². The average Bonchev–Trinajstić information content (AvgIpc) is 3.17. The van der Waals surface area contributed by atoms with Crippen LogP contribution in [0.25, 0.3) is 11.2 Å². The predicted molar refractivity (Wildman–Crippen MR) is 126 cm³/mol. The van der Waals surface area contributed by atoms with Crippen LogP contribution in [-0.4, -0.2) is 40.2 Å². The Balaban J connectivity index is 1.45. The Bertz CT molecular complexity index is 1280. The molecule has 0 radical (unpaired) electrons. The van der Waals surface area contributed by atoms with Crippen LogP contribution in [0.2, 0.25) is 0 Å². The number of hydrogen-bond donors (Lipinski definition) is 2. The van der Waals surface area contributed by atoms with Gasteiger partial charge in [0.1, 0.15) is 11.3 Å². The van der Waals surface area contributed by atoms with Gasteiger partial charge in [-0.3, -0.25) is 0 Å². The highest BCUT2D eigenvalue weighted by Gasteiger charge is 2.15. The standard InChI is InChI=1S/C25H25N5O3/c1-17-9-11-18(12-10-17)16-30-22(28-21-8-5-14-26-23(21)30)13-15-27-25(32)29-20-7-4-3-6-19(20)24(31)33-2/h3-12,14H,13,15-16H2,1-2H3,(H2,27,29,32). The molecule has 8 heteroatoms. The molecule has 0 unspecified atom stereocenters. The van der Waals surface area contributed by atoms with Gasteiger partial charge in [0.25, 0.3) is 0 Å². The summed E-state index contributed by atoms with van der Waals surface area (Å²) < 4.78 is 6.84. The molecule has 33 heavy (non-hydrogen) atoms. The van der Waals surface area contributed by atoms with Gasteiger partial charge in [0.2, 0.25) is 0 Å². The number of amides is 2. The molecule has 4 aromatic rings. The first-order chi connectivity index (χ1) is 16.0. The molecular formula is C25H25N5O3. The molecule has 168 valence electrons. The zero-order valence-corrected chi connectivity index (χ0v) is 18.5. The van der Waals surface area contributed by atoms with E-state index in [2.05, 4.69) is 51.4 Å². The molecule has 0 aliphatic rings. The van der Waals surface area contributed by atoms with Crippen LogP contribution in [-0.2, 0) is 17.7 Å². The number of nitrogens with zero attached hydrogens (tertiary/aromatic N) is 3. The lowest BCUT2D eigenvalue weighted by molar-refractivity contribution is 0.0602. The smallest absolute Gasteiger partial charge is 0.339 e. The Morgan fingerprint density at radius 3 is 2.61 bits per heavy atom. The lowest BCUT2D eigenvalue weighted by Gasteiger charge is -2.12. The molecule has 0 saturated carbocycles. The van der Waals surface area contributed by atoms with Gasteiger partial charge in [-0.1, -0.05) is 42.0 Å². The molecular weight excluding hydrogens is 418 g/mol. The van der Waals surface area contributed by atoms with E-state index in [-0.39, 0.29) is 0 Å². The lowest BCUT2D eigenvalue weighted by atomic mass is 10.1. The van der Waals surface area contributed by atoms with Gasteiger partial charge in [-0.2, -0.15) is 0 Å². The molecule has 8 nitrogen and oxygen atoms in total. The molecule has 0 spiro atoms. The number of hydrogen-bond acceptors (Lipinski definition) is 5. The number of imidazole rings is 1. The van der Waals surface area contributed by atoms with Crippen LogP contribution in [0.1, 0.15) is 27.3 Å². The molecule has 0 aliphatic heterocycles. The fourth-order valence-corrected chi connectivity index (χ4v) is 3.57. The van der Waals surface area contributed by atoms with E-state index in [1.54, 1.807) is 30.5 Å². The number of aromatic nitrogens is 3. The minimum Gasteiger partial charge on any atom is -0.465 e.